The fourth-order valence-corrected chi connectivity index (χ4v) is 3.99. The minimum atomic E-state index is -0.609. The van der Waals surface area contributed by atoms with E-state index in [9.17, 15) is 19.9 Å². The summed E-state index contributed by atoms with van der Waals surface area (Å²) in [5.41, 5.74) is 2.84. The van der Waals surface area contributed by atoms with E-state index >= 15 is 0 Å². The summed E-state index contributed by atoms with van der Waals surface area (Å²) in [7, 11) is 0. The fourth-order valence-electron chi connectivity index (χ4n) is 3.99. The van der Waals surface area contributed by atoms with Crippen LogP contribution >= 0.6 is 0 Å². The van der Waals surface area contributed by atoms with Gasteiger partial charge in [-0.25, -0.2) is 4.98 Å². The van der Waals surface area contributed by atoms with Crippen molar-refractivity contribution in [1.29, 1.82) is 0 Å². The zero-order valence-corrected chi connectivity index (χ0v) is 18.6. The zero-order valence-electron chi connectivity index (χ0n) is 18.6. The van der Waals surface area contributed by atoms with Crippen molar-refractivity contribution >= 4 is 16.9 Å². The number of rotatable bonds is 6. The summed E-state index contributed by atoms with van der Waals surface area (Å²) < 4.78 is 2.50. The van der Waals surface area contributed by atoms with E-state index in [1.807, 2.05) is 30.3 Å². The molecule has 1 aromatic carbocycles. The Kier molecular flexibility index (Phi) is 5.59. The van der Waals surface area contributed by atoms with Crippen molar-refractivity contribution in [3.63, 3.8) is 0 Å². The van der Waals surface area contributed by atoms with Crippen LogP contribution in [0.25, 0.3) is 27.8 Å². The van der Waals surface area contributed by atoms with Crippen LogP contribution in [0.4, 0.5) is 0 Å². The molecule has 3 heterocycles. The number of hydrogen-bond donors (Lipinski definition) is 2. The molecule has 8 nitrogen and oxygen atoms in total. The van der Waals surface area contributed by atoms with Gasteiger partial charge < -0.3 is 20.2 Å². The largest absolute Gasteiger partial charge is 0.618 e. The highest BCUT2D eigenvalue weighted by Crippen LogP contribution is 2.24. The number of carbonyl (C=O) groups excluding carboxylic acids is 1. The van der Waals surface area contributed by atoms with Gasteiger partial charge in [-0.1, -0.05) is 12.1 Å². The van der Waals surface area contributed by atoms with E-state index in [4.69, 9.17) is 0 Å². The smallest absolute Gasteiger partial charge is 0.257 e. The molecular formula is C26H24N4O4. The molecule has 2 N–H and O–H groups in total. The predicted octanol–water partition coefficient (Wildman–Crippen LogP) is 2.50. The van der Waals surface area contributed by atoms with Crippen molar-refractivity contribution in [2.45, 2.75) is 38.3 Å². The number of carbonyl (C=O) groups is 1. The monoisotopic (exact) mass is 456 g/mol. The zero-order chi connectivity index (χ0) is 23.8. The first kappa shape index (κ1) is 21.8. The Labute approximate surface area is 195 Å². The molecule has 34 heavy (non-hydrogen) atoms. The molecule has 1 aliphatic rings. The van der Waals surface area contributed by atoms with Gasteiger partial charge in [0.2, 0.25) is 5.43 Å². The molecule has 0 aliphatic heterocycles. The number of fused-ring (bicyclic) bond motifs is 1. The molecule has 5 rings (SSSR count). The molecule has 1 amide bonds. The van der Waals surface area contributed by atoms with E-state index in [0.29, 0.717) is 28.0 Å². The Morgan fingerprint density at radius 3 is 2.79 bits per heavy atom. The van der Waals surface area contributed by atoms with Gasteiger partial charge in [0.05, 0.1) is 17.9 Å². The Hall–Kier alpha value is -4.04. The molecule has 1 saturated carbocycles. The molecule has 172 valence electrons. The van der Waals surface area contributed by atoms with E-state index in [1.54, 1.807) is 35.9 Å². The van der Waals surface area contributed by atoms with Crippen LogP contribution in [-0.4, -0.2) is 32.7 Å². The molecule has 8 heteroatoms. The van der Waals surface area contributed by atoms with Crippen LogP contribution in [-0.2, 0) is 6.42 Å². The van der Waals surface area contributed by atoms with Crippen LogP contribution in [0.3, 0.4) is 0 Å². The van der Waals surface area contributed by atoms with Crippen molar-refractivity contribution in [1.82, 2.24) is 14.9 Å². The van der Waals surface area contributed by atoms with Crippen LogP contribution in [0.2, 0.25) is 0 Å². The second-order valence-corrected chi connectivity index (χ2v) is 8.70. The van der Waals surface area contributed by atoms with Gasteiger partial charge >= 0.3 is 0 Å². The fraction of sp³-hybridized carbons (Fsp3) is 0.231. The van der Waals surface area contributed by atoms with E-state index in [1.165, 1.54) is 12.4 Å². The highest BCUT2D eigenvalue weighted by Gasteiger charge is 2.26. The molecule has 4 aromatic rings. The van der Waals surface area contributed by atoms with E-state index in [-0.39, 0.29) is 29.4 Å². The number of aromatic nitrogens is 3. The Bertz CT molecular complexity index is 1460. The molecule has 1 unspecified atom stereocenters. The number of aliphatic hydroxyl groups is 1. The summed E-state index contributed by atoms with van der Waals surface area (Å²) in [4.78, 5) is 30.2. The van der Waals surface area contributed by atoms with Crippen molar-refractivity contribution in [2.75, 3.05) is 0 Å². The van der Waals surface area contributed by atoms with Gasteiger partial charge in [0, 0.05) is 35.8 Å². The number of pyridine rings is 3. The molecular weight excluding hydrogens is 432 g/mol. The average Bonchev–Trinajstić information content (AvgIpc) is 3.64. The van der Waals surface area contributed by atoms with Gasteiger partial charge in [-0.15, -0.1) is 0 Å². The molecule has 1 fully saturated rings. The second-order valence-electron chi connectivity index (χ2n) is 8.70. The summed E-state index contributed by atoms with van der Waals surface area (Å²) in [6.45, 7) is 1.64. The van der Waals surface area contributed by atoms with Crippen molar-refractivity contribution in [2.24, 2.45) is 0 Å². The van der Waals surface area contributed by atoms with E-state index in [2.05, 4.69) is 10.3 Å². The lowest BCUT2D eigenvalue weighted by molar-refractivity contribution is -0.613. The number of benzene rings is 1. The Morgan fingerprint density at radius 2 is 2.06 bits per heavy atom. The molecule has 3 aromatic heterocycles. The minimum Gasteiger partial charge on any atom is -0.618 e. The highest BCUT2D eigenvalue weighted by molar-refractivity contribution is 5.97. The van der Waals surface area contributed by atoms with Gasteiger partial charge in [0.1, 0.15) is 11.2 Å². The van der Waals surface area contributed by atoms with Crippen LogP contribution in [0.1, 0.15) is 35.8 Å². The van der Waals surface area contributed by atoms with Crippen molar-refractivity contribution < 1.29 is 14.6 Å². The first-order chi connectivity index (χ1) is 16.4. The van der Waals surface area contributed by atoms with Crippen LogP contribution < -0.4 is 15.5 Å². The first-order valence-corrected chi connectivity index (χ1v) is 11.2. The van der Waals surface area contributed by atoms with Crippen molar-refractivity contribution in [3.8, 4) is 16.8 Å². The maximum Gasteiger partial charge on any atom is 0.257 e. The highest BCUT2D eigenvalue weighted by atomic mass is 16.5. The summed E-state index contributed by atoms with van der Waals surface area (Å²) in [6.07, 6.45) is 6.13. The minimum absolute atomic E-state index is 0.0673. The molecule has 1 atom stereocenters. The molecule has 0 radical (unpaired) electrons. The van der Waals surface area contributed by atoms with Gasteiger partial charge in [-0.2, -0.15) is 4.73 Å². The van der Waals surface area contributed by atoms with Gasteiger partial charge in [0.25, 0.3) is 5.91 Å². The first-order valence-electron chi connectivity index (χ1n) is 11.2. The Balaban J connectivity index is 1.60. The van der Waals surface area contributed by atoms with E-state index < -0.39 is 6.10 Å². The Morgan fingerprint density at radius 1 is 1.24 bits per heavy atom. The third-order valence-electron chi connectivity index (χ3n) is 5.88. The third-order valence-corrected chi connectivity index (χ3v) is 5.88. The van der Waals surface area contributed by atoms with Gasteiger partial charge in [-0.05, 0) is 55.7 Å². The average molecular weight is 457 g/mol. The normalized spacial score (nSPS) is 14.2. The molecule has 0 bridgehead atoms. The number of aliphatic hydroxyl groups excluding tert-OH is 1. The van der Waals surface area contributed by atoms with E-state index in [0.717, 1.165) is 23.1 Å². The topological polar surface area (TPSA) is 111 Å². The standard InChI is InChI=1S/C26H24N4O4/c1-16(31)12-21-10-7-18(14-30(21)34)17-4-2-5-20(13-17)29-15-23(26(33)28-19-8-9-19)24(32)22-6-3-11-27-25(22)29/h2-7,10-11,13-16,19,31H,8-9,12H2,1H3,(H,28,33). The summed E-state index contributed by atoms with van der Waals surface area (Å²) in [5.74, 6) is -0.385. The van der Waals surface area contributed by atoms with Gasteiger partial charge in [-0.3, -0.25) is 9.59 Å². The van der Waals surface area contributed by atoms with Crippen LogP contribution in [0.15, 0.2) is 71.9 Å². The molecule has 1 aliphatic carbocycles. The number of nitrogens with one attached hydrogen (secondary N) is 1. The van der Waals surface area contributed by atoms with Crippen molar-refractivity contribution in [3.05, 3.63) is 93.8 Å². The molecule has 0 saturated heterocycles. The maximum absolute atomic E-state index is 13.0. The van der Waals surface area contributed by atoms with Crippen LogP contribution in [0.5, 0.6) is 0 Å². The summed E-state index contributed by atoms with van der Waals surface area (Å²) in [6, 6.07) is 14.5. The summed E-state index contributed by atoms with van der Waals surface area (Å²) >= 11 is 0. The maximum atomic E-state index is 13.0. The third kappa shape index (κ3) is 4.27. The SMILES string of the molecule is CC(O)Cc1ccc(-c2cccc(-n3cc(C(=O)NC4CC4)c(=O)c4cccnc43)c2)c[n+]1[O-]. The molecule has 0 spiro atoms. The predicted molar refractivity (Wildman–Crippen MR) is 128 cm³/mol. The lowest BCUT2D eigenvalue weighted by Crippen LogP contribution is -2.33. The number of nitrogens with zero attached hydrogens (tertiary/aromatic N) is 3. The quantitative estimate of drug-likeness (QED) is 0.342. The number of amides is 1. The lowest BCUT2D eigenvalue weighted by atomic mass is 10.1. The number of hydrogen-bond acceptors (Lipinski definition) is 5. The van der Waals surface area contributed by atoms with Gasteiger partial charge in [0.15, 0.2) is 11.9 Å². The lowest BCUT2D eigenvalue weighted by Gasteiger charge is -2.14. The summed E-state index contributed by atoms with van der Waals surface area (Å²) in [5, 5.41) is 25.3. The second kappa shape index (κ2) is 8.72. The van der Waals surface area contributed by atoms with Crippen LogP contribution in [0, 0.1) is 5.21 Å².